The minimum absolute atomic E-state index is 0.0613. The molecule has 1 aromatic carbocycles. The zero-order chi connectivity index (χ0) is 27.9. The van der Waals surface area contributed by atoms with E-state index in [4.69, 9.17) is 28.0 Å². The van der Waals surface area contributed by atoms with Crippen molar-refractivity contribution >= 4 is 13.7 Å². The summed E-state index contributed by atoms with van der Waals surface area (Å²) in [5.41, 5.74) is -2.09. The van der Waals surface area contributed by atoms with Crippen molar-refractivity contribution in [1.82, 2.24) is 14.6 Å². The van der Waals surface area contributed by atoms with Crippen LogP contribution in [-0.4, -0.2) is 60.9 Å². The molecule has 1 saturated heterocycles. The highest BCUT2D eigenvalue weighted by Gasteiger charge is 2.42. The summed E-state index contributed by atoms with van der Waals surface area (Å²) in [6.45, 7) is 2.83. The zero-order valence-corrected chi connectivity index (χ0v) is 22.2. The molecule has 0 saturated carbocycles. The number of benzene rings is 1. The summed E-state index contributed by atoms with van der Waals surface area (Å²) < 4.78 is 61.6. The van der Waals surface area contributed by atoms with Gasteiger partial charge in [-0.05, 0) is 19.1 Å². The normalized spacial score (nSPS) is 21.7. The average molecular weight is 559 g/mol. The Kier molecular flexibility index (Phi) is 10.4. The molecule has 1 fully saturated rings. The number of esters is 1. The second-order valence-electron chi connectivity index (χ2n) is 8.35. The Labute approximate surface area is 217 Å². The van der Waals surface area contributed by atoms with Crippen LogP contribution in [0.5, 0.6) is 5.75 Å². The van der Waals surface area contributed by atoms with Crippen LogP contribution in [0.4, 0.5) is 4.39 Å². The monoisotopic (exact) mass is 559 g/mol. The fourth-order valence-electron chi connectivity index (χ4n) is 3.77. The first kappa shape index (κ1) is 29.7. The molecule has 15 heteroatoms. The number of H-pyrrole nitrogens is 1. The minimum atomic E-state index is -4.12. The van der Waals surface area contributed by atoms with Gasteiger partial charge in [0, 0.05) is 27.1 Å². The summed E-state index contributed by atoms with van der Waals surface area (Å²) in [5.74, 6) is -1.50. The van der Waals surface area contributed by atoms with Crippen molar-refractivity contribution < 1.29 is 41.7 Å². The lowest BCUT2D eigenvalue weighted by Crippen LogP contribution is -2.40. The molecule has 1 aliphatic heterocycles. The maximum atomic E-state index is 13.9. The van der Waals surface area contributed by atoms with Gasteiger partial charge < -0.3 is 23.5 Å². The van der Waals surface area contributed by atoms with Gasteiger partial charge in [0.05, 0.1) is 18.8 Å². The van der Waals surface area contributed by atoms with Gasteiger partial charge in [-0.1, -0.05) is 25.1 Å². The van der Waals surface area contributed by atoms with E-state index >= 15 is 0 Å². The van der Waals surface area contributed by atoms with Crippen molar-refractivity contribution in [2.24, 2.45) is 0 Å². The molecule has 0 amide bonds. The summed E-state index contributed by atoms with van der Waals surface area (Å²) in [6.07, 6.45) is -3.16. The molecule has 210 valence electrons. The van der Waals surface area contributed by atoms with Gasteiger partial charge in [0.15, 0.2) is 6.29 Å². The number of hydrogen-bond acceptors (Lipinski definition) is 10. The fourth-order valence-corrected chi connectivity index (χ4v) is 5.31. The number of aromatic nitrogens is 2. The molecule has 5 atom stereocenters. The molecule has 38 heavy (non-hydrogen) atoms. The lowest BCUT2D eigenvalue weighted by atomic mass is 10.2. The van der Waals surface area contributed by atoms with Gasteiger partial charge in [-0.15, -0.1) is 0 Å². The van der Waals surface area contributed by atoms with Gasteiger partial charge >= 0.3 is 19.4 Å². The number of carbonyl (C=O) groups excluding carboxylic acids is 1. The summed E-state index contributed by atoms with van der Waals surface area (Å²) in [5, 5.41) is 2.75. The van der Waals surface area contributed by atoms with Crippen molar-refractivity contribution in [3.63, 3.8) is 0 Å². The van der Waals surface area contributed by atoms with E-state index in [1.165, 1.54) is 14.2 Å². The van der Waals surface area contributed by atoms with E-state index < -0.39 is 68.2 Å². The molecule has 0 radical (unpaired) electrons. The largest absolute Gasteiger partial charge is 0.459 e. The molecule has 13 nitrogen and oxygen atoms in total. The quantitative estimate of drug-likeness (QED) is 0.210. The number of nitrogens with one attached hydrogen (secondary N) is 2. The molecule has 0 spiro atoms. The molecule has 1 unspecified atom stereocenters. The highest BCUT2D eigenvalue weighted by atomic mass is 31.2. The van der Waals surface area contributed by atoms with Crippen molar-refractivity contribution in [3.8, 4) is 5.75 Å². The van der Waals surface area contributed by atoms with Gasteiger partial charge in [0.25, 0.3) is 5.56 Å². The number of halogens is 1. The molecular weight excluding hydrogens is 528 g/mol. The molecule has 0 bridgehead atoms. The fraction of sp³-hybridized carbons (Fsp3) is 0.522. The standard InChI is InChI=1S/C23H31FN3O10P/c1-5-20(28)36-17-11-19(27-12-16(24)21(29)25-23(27)30)35-18(17)13-34-38(31,26-14(2)22(32-3)33-4)37-15-9-7-6-8-10-15/h6-10,12,14,17-19,22H,5,11,13H2,1-4H3,(H,26,31)(H,25,29,30)/t14-,17-,18+,19+,38?/m0/s1. The Balaban J connectivity index is 1.84. The third-order valence-electron chi connectivity index (χ3n) is 5.60. The van der Waals surface area contributed by atoms with E-state index in [9.17, 15) is 23.3 Å². The van der Waals surface area contributed by atoms with E-state index in [0.717, 1.165) is 4.57 Å². The number of rotatable bonds is 13. The van der Waals surface area contributed by atoms with Gasteiger partial charge in [0.2, 0.25) is 5.82 Å². The lowest BCUT2D eigenvalue weighted by molar-refractivity contribution is -0.152. The first-order valence-electron chi connectivity index (χ1n) is 11.8. The average Bonchev–Trinajstić information content (AvgIpc) is 3.28. The number of ether oxygens (including phenoxy) is 4. The molecule has 2 aromatic rings. The Morgan fingerprint density at radius 2 is 1.95 bits per heavy atom. The first-order valence-corrected chi connectivity index (χ1v) is 13.3. The highest BCUT2D eigenvalue weighted by molar-refractivity contribution is 7.52. The summed E-state index contributed by atoms with van der Waals surface area (Å²) in [6, 6.07) is 7.62. The van der Waals surface area contributed by atoms with Crippen LogP contribution in [0.15, 0.2) is 46.1 Å². The number of para-hydroxylation sites is 1. The molecular formula is C23H31FN3O10P. The van der Waals surface area contributed by atoms with Crippen LogP contribution in [-0.2, 0) is 32.8 Å². The maximum Gasteiger partial charge on any atom is 0.459 e. The van der Waals surface area contributed by atoms with Crippen LogP contribution >= 0.6 is 7.75 Å². The summed E-state index contributed by atoms with van der Waals surface area (Å²) in [7, 11) is -1.29. The Morgan fingerprint density at radius 3 is 2.58 bits per heavy atom. The van der Waals surface area contributed by atoms with Gasteiger partial charge in [-0.2, -0.15) is 4.39 Å². The van der Waals surface area contributed by atoms with Crippen molar-refractivity contribution in [2.45, 2.75) is 57.5 Å². The predicted octanol–water partition coefficient (Wildman–Crippen LogP) is 2.09. The SMILES string of the molecule is CCC(=O)O[C@H]1C[C@H](n2cc(F)c(=O)[nH]c2=O)O[C@@H]1COP(=O)(N[C@@H](C)C(OC)OC)Oc1ccccc1. The van der Waals surface area contributed by atoms with E-state index in [-0.39, 0.29) is 18.6 Å². The van der Waals surface area contributed by atoms with Gasteiger partial charge in [-0.25, -0.2) is 14.4 Å². The second-order valence-corrected chi connectivity index (χ2v) is 10.0. The topological polar surface area (TPSA) is 156 Å². The Morgan fingerprint density at radius 1 is 1.26 bits per heavy atom. The van der Waals surface area contributed by atoms with Crippen molar-refractivity contribution in [2.75, 3.05) is 20.8 Å². The van der Waals surface area contributed by atoms with E-state index in [0.29, 0.717) is 6.20 Å². The number of aromatic amines is 1. The minimum Gasteiger partial charge on any atom is -0.459 e. The Hall–Kier alpha value is -2.87. The summed E-state index contributed by atoms with van der Waals surface area (Å²) >= 11 is 0. The number of carbonyl (C=O) groups is 1. The van der Waals surface area contributed by atoms with Crippen molar-refractivity contribution in [1.29, 1.82) is 0 Å². The number of hydrogen-bond donors (Lipinski definition) is 2. The van der Waals surface area contributed by atoms with Crippen molar-refractivity contribution in [3.05, 3.63) is 63.2 Å². The van der Waals surface area contributed by atoms with E-state index in [1.54, 1.807) is 44.2 Å². The Bertz CT molecular complexity index is 1240. The van der Waals surface area contributed by atoms with Crippen LogP contribution in [0.1, 0.15) is 32.9 Å². The second kappa shape index (κ2) is 13.3. The predicted molar refractivity (Wildman–Crippen MR) is 131 cm³/mol. The smallest absolute Gasteiger partial charge is 0.459 e. The zero-order valence-electron chi connectivity index (χ0n) is 21.3. The molecule has 3 rings (SSSR count). The number of methoxy groups -OCH3 is 2. The summed E-state index contributed by atoms with van der Waals surface area (Å²) in [4.78, 5) is 37.6. The number of nitrogens with zero attached hydrogens (tertiary/aromatic N) is 1. The van der Waals surface area contributed by atoms with E-state index in [1.807, 2.05) is 4.98 Å². The first-order chi connectivity index (χ1) is 18.1. The van der Waals surface area contributed by atoms with Gasteiger partial charge in [-0.3, -0.25) is 23.7 Å². The van der Waals surface area contributed by atoms with Crippen LogP contribution in [0.3, 0.4) is 0 Å². The molecule has 1 aromatic heterocycles. The van der Waals surface area contributed by atoms with Crippen LogP contribution in [0.25, 0.3) is 0 Å². The molecule has 0 aliphatic carbocycles. The van der Waals surface area contributed by atoms with Crippen LogP contribution < -0.4 is 20.9 Å². The van der Waals surface area contributed by atoms with Crippen LogP contribution in [0.2, 0.25) is 0 Å². The third kappa shape index (κ3) is 7.59. The van der Waals surface area contributed by atoms with Crippen LogP contribution in [0, 0.1) is 5.82 Å². The highest BCUT2D eigenvalue weighted by Crippen LogP contribution is 2.46. The maximum absolute atomic E-state index is 13.9. The molecule has 2 heterocycles. The third-order valence-corrected chi connectivity index (χ3v) is 7.26. The van der Waals surface area contributed by atoms with E-state index in [2.05, 4.69) is 5.09 Å². The molecule has 1 aliphatic rings. The van der Waals surface area contributed by atoms with Gasteiger partial charge in [0.1, 0.15) is 24.2 Å². The molecule has 2 N–H and O–H groups in total. The lowest BCUT2D eigenvalue weighted by Gasteiger charge is -2.28.